The molecular weight excluding hydrogens is 252 g/mol. The Kier molecular flexibility index (Phi) is 4.20. The number of hydrogen-bond donors (Lipinski definition) is 3. The summed E-state index contributed by atoms with van der Waals surface area (Å²) in [5.41, 5.74) is 13.8. The lowest BCUT2D eigenvalue weighted by Gasteiger charge is -2.10. The highest BCUT2D eigenvalue weighted by molar-refractivity contribution is 5.92. The zero-order chi connectivity index (χ0) is 14.5. The van der Waals surface area contributed by atoms with Crippen LogP contribution in [-0.4, -0.2) is 10.9 Å². The summed E-state index contributed by atoms with van der Waals surface area (Å²) in [6.45, 7) is 2.14. The van der Waals surface area contributed by atoms with Gasteiger partial charge in [0.05, 0.1) is 5.69 Å². The Morgan fingerprint density at radius 3 is 2.50 bits per heavy atom. The quantitative estimate of drug-likeness (QED) is 0.777. The number of hydrogen-bond acceptors (Lipinski definition) is 4. The van der Waals surface area contributed by atoms with Crippen LogP contribution in [0.4, 0.5) is 17.2 Å². The monoisotopic (exact) mass is 270 g/mol. The fraction of sp³-hybridized carbons (Fsp3) is 0.200. The number of nitrogens with two attached hydrogens (primary N) is 2. The molecule has 5 heteroatoms. The molecule has 0 saturated carbocycles. The lowest BCUT2D eigenvalue weighted by molar-refractivity contribution is 0.0996. The maximum atomic E-state index is 11.1. The summed E-state index contributed by atoms with van der Waals surface area (Å²) in [4.78, 5) is 15.2. The van der Waals surface area contributed by atoms with E-state index in [0.717, 1.165) is 18.5 Å². The molecule has 104 valence electrons. The molecule has 0 spiro atoms. The second-order valence-corrected chi connectivity index (χ2v) is 4.57. The van der Waals surface area contributed by atoms with Crippen molar-refractivity contribution >= 4 is 23.1 Å². The van der Waals surface area contributed by atoms with Crippen molar-refractivity contribution in [2.24, 2.45) is 5.73 Å². The van der Waals surface area contributed by atoms with Gasteiger partial charge in [-0.15, -0.1) is 0 Å². The molecule has 1 amide bonds. The molecule has 1 aromatic carbocycles. The van der Waals surface area contributed by atoms with Crippen molar-refractivity contribution < 1.29 is 4.79 Å². The number of anilines is 3. The molecule has 0 aliphatic rings. The summed E-state index contributed by atoms with van der Waals surface area (Å²) < 4.78 is 0. The van der Waals surface area contributed by atoms with Crippen molar-refractivity contribution in [1.82, 2.24) is 4.98 Å². The highest BCUT2D eigenvalue weighted by Crippen LogP contribution is 2.21. The van der Waals surface area contributed by atoms with Gasteiger partial charge in [0, 0.05) is 5.69 Å². The van der Waals surface area contributed by atoms with Crippen LogP contribution in [0.5, 0.6) is 0 Å². The number of benzene rings is 1. The number of rotatable bonds is 5. The number of primary amides is 1. The van der Waals surface area contributed by atoms with Crippen LogP contribution in [0.15, 0.2) is 36.4 Å². The van der Waals surface area contributed by atoms with E-state index in [1.165, 1.54) is 11.6 Å². The van der Waals surface area contributed by atoms with E-state index in [9.17, 15) is 4.79 Å². The fourth-order valence-electron chi connectivity index (χ4n) is 1.89. The third-order valence-corrected chi connectivity index (χ3v) is 2.93. The Morgan fingerprint density at radius 1 is 1.20 bits per heavy atom. The zero-order valence-corrected chi connectivity index (χ0v) is 11.4. The van der Waals surface area contributed by atoms with Gasteiger partial charge >= 0.3 is 0 Å². The average molecular weight is 270 g/mol. The summed E-state index contributed by atoms with van der Waals surface area (Å²) in [5.74, 6) is -0.143. The topological polar surface area (TPSA) is 94.0 Å². The Balaban J connectivity index is 2.20. The van der Waals surface area contributed by atoms with E-state index in [-0.39, 0.29) is 5.69 Å². The van der Waals surface area contributed by atoms with Crippen molar-refractivity contribution in [3.05, 3.63) is 47.7 Å². The Labute approximate surface area is 118 Å². The average Bonchev–Trinajstić information content (AvgIpc) is 2.43. The molecule has 1 aromatic heterocycles. The van der Waals surface area contributed by atoms with Gasteiger partial charge in [0.1, 0.15) is 5.69 Å². The predicted molar refractivity (Wildman–Crippen MR) is 80.9 cm³/mol. The summed E-state index contributed by atoms with van der Waals surface area (Å²) >= 11 is 0. The Hall–Kier alpha value is -2.56. The van der Waals surface area contributed by atoms with Crippen molar-refractivity contribution in [2.75, 3.05) is 11.1 Å². The molecule has 0 aliphatic carbocycles. The number of amides is 1. The lowest BCUT2D eigenvalue weighted by atomic mass is 10.1. The van der Waals surface area contributed by atoms with Crippen LogP contribution < -0.4 is 16.8 Å². The number of nitrogen functional groups attached to an aromatic ring is 1. The number of carbonyl (C=O) groups excluding carboxylic acids is 1. The standard InChI is InChI=1S/C15H18N4O/c1-2-3-10-4-6-11(7-5-10)18-15-12(16)8-9-13(19-15)14(17)20/h4-9H,2-3,16H2,1H3,(H2,17,20)(H,18,19). The maximum absolute atomic E-state index is 11.1. The zero-order valence-electron chi connectivity index (χ0n) is 11.4. The molecule has 2 rings (SSSR count). The third-order valence-electron chi connectivity index (χ3n) is 2.93. The van der Waals surface area contributed by atoms with Crippen LogP contribution in [0, 0.1) is 0 Å². The van der Waals surface area contributed by atoms with E-state index in [1.807, 2.05) is 12.1 Å². The van der Waals surface area contributed by atoms with Crippen molar-refractivity contribution in [1.29, 1.82) is 0 Å². The number of aromatic nitrogens is 1. The largest absolute Gasteiger partial charge is 0.396 e. The van der Waals surface area contributed by atoms with Crippen LogP contribution in [0.25, 0.3) is 0 Å². The SMILES string of the molecule is CCCc1ccc(Nc2nc(C(N)=O)ccc2N)cc1. The smallest absolute Gasteiger partial charge is 0.267 e. The summed E-state index contributed by atoms with van der Waals surface area (Å²) in [5, 5.41) is 3.09. The first-order chi connectivity index (χ1) is 9.60. The molecule has 0 fully saturated rings. The molecule has 2 aromatic rings. The number of nitrogens with one attached hydrogen (secondary N) is 1. The first-order valence-corrected chi connectivity index (χ1v) is 6.52. The maximum Gasteiger partial charge on any atom is 0.267 e. The number of pyridine rings is 1. The van der Waals surface area contributed by atoms with Crippen LogP contribution in [-0.2, 0) is 6.42 Å². The molecular formula is C15H18N4O. The van der Waals surface area contributed by atoms with Gasteiger partial charge in [0.25, 0.3) is 5.91 Å². The van der Waals surface area contributed by atoms with E-state index in [0.29, 0.717) is 11.5 Å². The van der Waals surface area contributed by atoms with Crippen molar-refractivity contribution in [2.45, 2.75) is 19.8 Å². The van der Waals surface area contributed by atoms with Gasteiger partial charge in [-0.3, -0.25) is 4.79 Å². The van der Waals surface area contributed by atoms with E-state index >= 15 is 0 Å². The number of carbonyl (C=O) groups is 1. The van der Waals surface area contributed by atoms with E-state index in [1.54, 1.807) is 6.07 Å². The Morgan fingerprint density at radius 2 is 1.90 bits per heavy atom. The van der Waals surface area contributed by atoms with Crippen LogP contribution in [0.3, 0.4) is 0 Å². The molecule has 1 heterocycles. The van der Waals surface area contributed by atoms with Gasteiger partial charge in [0.2, 0.25) is 0 Å². The second-order valence-electron chi connectivity index (χ2n) is 4.57. The number of nitrogens with zero attached hydrogens (tertiary/aromatic N) is 1. The minimum absolute atomic E-state index is 0.185. The molecule has 0 aliphatic heterocycles. The van der Waals surface area contributed by atoms with Gasteiger partial charge in [-0.25, -0.2) is 4.98 Å². The highest BCUT2D eigenvalue weighted by Gasteiger charge is 2.07. The van der Waals surface area contributed by atoms with E-state index in [2.05, 4.69) is 29.4 Å². The molecule has 0 bridgehead atoms. The predicted octanol–water partition coefficient (Wildman–Crippen LogP) is 2.46. The van der Waals surface area contributed by atoms with Gasteiger partial charge < -0.3 is 16.8 Å². The van der Waals surface area contributed by atoms with Crippen LogP contribution >= 0.6 is 0 Å². The van der Waals surface area contributed by atoms with Crippen LogP contribution in [0.1, 0.15) is 29.4 Å². The molecule has 0 unspecified atom stereocenters. The summed E-state index contributed by atoms with van der Waals surface area (Å²) in [7, 11) is 0. The molecule has 20 heavy (non-hydrogen) atoms. The van der Waals surface area contributed by atoms with Gasteiger partial charge in [-0.1, -0.05) is 25.5 Å². The normalized spacial score (nSPS) is 10.2. The Bertz CT molecular complexity index is 608. The second kappa shape index (κ2) is 6.06. The first kappa shape index (κ1) is 13.9. The molecule has 0 saturated heterocycles. The number of aryl methyl sites for hydroxylation is 1. The molecule has 5 nitrogen and oxygen atoms in total. The molecule has 0 radical (unpaired) electrons. The fourth-order valence-corrected chi connectivity index (χ4v) is 1.89. The third kappa shape index (κ3) is 3.26. The van der Waals surface area contributed by atoms with E-state index in [4.69, 9.17) is 11.5 Å². The van der Waals surface area contributed by atoms with Gasteiger partial charge in [-0.2, -0.15) is 0 Å². The van der Waals surface area contributed by atoms with Crippen molar-refractivity contribution in [3.63, 3.8) is 0 Å². The van der Waals surface area contributed by atoms with E-state index < -0.39 is 5.91 Å². The molecule has 5 N–H and O–H groups in total. The van der Waals surface area contributed by atoms with Crippen LogP contribution in [0.2, 0.25) is 0 Å². The highest BCUT2D eigenvalue weighted by atomic mass is 16.1. The van der Waals surface area contributed by atoms with Crippen molar-refractivity contribution in [3.8, 4) is 0 Å². The van der Waals surface area contributed by atoms with Gasteiger partial charge in [-0.05, 0) is 36.2 Å². The lowest BCUT2D eigenvalue weighted by Crippen LogP contribution is -2.14. The first-order valence-electron chi connectivity index (χ1n) is 6.52. The minimum atomic E-state index is -0.577. The minimum Gasteiger partial charge on any atom is -0.396 e. The summed E-state index contributed by atoms with van der Waals surface area (Å²) in [6.07, 6.45) is 2.17. The summed E-state index contributed by atoms with van der Waals surface area (Å²) in [6, 6.07) is 11.2. The van der Waals surface area contributed by atoms with Gasteiger partial charge in [0.15, 0.2) is 5.82 Å². The molecule has 0 atom stereocenters.